The first kappa shape index (κ1) is 17.3. The molecule has 0 aliphatic rings. The van der Waals surface area contributed by atoms with Crippen LogP contribution in [0.15, 0.2) is 18.2 Å². The van der Waals surface area contributed by atoms with Crippen LogP contribution in [-0.2, 0) is 4.74 Å². The van der Waals surface area contributed by atoms with Crippen LogP contribution in [0.25, 0.3) is 0 Å². The number of benzene rings is 1. The Morgan fingerprint density at radius 2 is 2.05 bits per heavy atom. The van der Waals surface area contributed by atoms with Gasteiger partial charge in [-0.1, -0.05) is 11.6 Å². The van der Waals surface area contributed by atoms with E-state index in [2.05, 4.69) is 10.6 Å². The van der Waals surface area contributed by atoms with E-state index in [9.17, 15) is 9.59 Å². The second kappa shape index (κ2) is 7.28. The first-order valence-corrected chi connectivity index (χ1v) is 6.84. The van der Waals surface area contributed by atoms with Gasteiger partial charge in [0.25, 0.3) is 0 Å². The van der Waals surface area contributed by atoms with E-state index in [0.717, 1.165) is 0 Å². The number of carbonyl (C=O) groups excluding carboxylic acids is 1. The number of ether oxygens (including phenoxy) is 1. The van der Waals surface area contributed by atoms with Gasteiger partial charge in [-0.3, -0.25) is 0 Å². The molecule has 0 spiro atoms. The predicted molar refractivity (Wildman–Crippen MR) is 81.1 cm³/mol. The largest absolute Gasteiger partial charge is 0.478 e. The third-order valence-corrected chi connectivity index (χ3v) is 2.91. The Kier molecular flexibility index (Phi) is 5.99. The minimum Gasteiger partial charge on any atom is -0.478 e. The molecule has 7 heteroatoms. The molecular formula is C14H19ClN2O4. The van der Waals surface area contributed by atoms with Crippen LogP contribution in [0.2, 0.25) is 5.02 Å². The number of urea groups is 1. The van der Waals surface area contributed by atoms with Crippen molar-refractivity contribution < 1.29 is 19.4 Å². The molecule has 21 heavy (non-hydrogen) atoms. The molecule has 0 heterocycles. The second-order valence-corrected chi connectivity index (χ2v) is 5.43. The summed E-state index contributed by atoms with van der Waals surface area (Å²) in [4.78, 5) is 22.9. The average molecular weight is 315 g/mol. The van der Waals surface area contributed by atoms with Crippen molar-refractivity contribution >= 4 is 29.3 Å². The lowest BCUT2D eigenvalue weighted by molar-refractivity contribution is -0.00663. The van der Waals surface area contributed by atoms with Gasteiger partial charge >= 0.3 is 12.0 Å². The van der Waals surface area contributed by atoms with E-state index < -0.39 is 17.6 Å². The summed E-state index contributed by atoms with van der Waals surface area (Å²) < 4.78 is 5.45. The molecule has 3 N–H and O–H groups in total. The van der Waals surface area contributed by atoms with E-state index >= 15 is 0 Å². The van der Waals surface area contributed by atoms with Crippen molar-refractivity contribution in [2.24, 2.45) is 0 Å². The van der Waals surface area contributed by atoms with Crippen molar-refractivity contribution in [3.63, 3.8) is 0 Å². The SMILES string of the molecule is CCOC(C)(C)CNC(=O)Nc1ccc(Cl)cc1C(=O)O. The highest BCUT2D eigenvalue weighted by Gasteiger charge is 2.19. The van der Waals surface area contributed by atoms with Crippen molar-refractivity contribution in [1.82, 2.24) is 5.32 Å². The van der Waals surface area contributed by atoms with Crippen LogP contribution in [-0.4, -0.2) is 35.9 Å². The van der Waals surface area contributed by atoms with Crippen molar-refractivity contribution in [2.75, 3.05) is 18.5 Å². The molecule has 0 bridgehead atoms. The Morgan fingerprint density at radius 1 is 1.38 bits per heavy atom. The number of carbonyl (C=O) groups is 2. The molecule has 0 unspecified atom stereocenters. The minimum atomic E-state index is -1.16. The maximum Gasteiger partial charge on any atom is 0.337 e. The molecule has 0 saturated carbocycles. The second-order valence-electron chi connectivity index (χ2n) is 5.00. The number of halogens is 1. The Balaban J connectivity index is 2.69. The van der Waals surface area contributed by atoms with Gasteiger partial charge < -0.3 is 20.5 Å². The number of aromatic carboxylic acids is 1. The molecule has 6 nitrogen and oxygen atoms in total. The predicted octanol–water partition coefficient (Wildman–Crippen LogP) is 2.97. The van der Waals surface area contributed by atoms with Crippen LogP contribution in [0.3, 0.4) is 0 Å². The van der Waals surface area contributed by atoms with E-state index in [1.165, 1.54) is 18.2 Å². The summed E-state index contributed by atoms with van der Waals surface area (Å²) in [6.07, 6.45) is 0. The summed E-state index contributed by atoms with van der Waals surface area (Å²) in [7, 11) is 0. The Bertz CT molecular complexity index is 532. The number of anilines is 1. The maximum atomic E-state index is 11.8. The average Bonchev–Trinajstić information content (AvgIpc) is 2.38. The number of amides is 2. The van der Waals surface area contributed by atoms with Gasteiger partial charge in [0.05, 0.1) is 16.9 Å². The molecule has 1 aromatic carbocycles. The fourth-order valence-electron chi connectivity index (χ4n) is 1.70. The lowest BCUT2D eigenvalue weighted by Crippen LogP contribution is -2.42. The molecule has 0 aliphatic carbocycles. The number of hydrogen-bond acceptors (Lipinski definition) is 3. The number of rotatable bonds is 6. The van der Waals surface area contributed by atoms with Gasteiger partial charge in [-0.05, 0) is 39.0 Å². The molecule has 0 saturated heterocycles. The lowest BCUT2D eigenvalue weighted by Gasteiger charge is -2.25. The van der Waals surface area contributed by atoms with E-state index in [1.807, 2.05) is 20.8 Å². The molecule has 0 radical (unpaired) electrons. The molecular weight excluding hydrogens is 296 g/mol. The molecule has 1 rings (SSSR count). The highest BCUT2D eigenvalue weighted by Crippen LogP contribution is 2.20. The van der Waals surface area contributed by atoms with Gasteiger partial charge in [-0.15, -0.1) is 0 Å². The summed E-state index contributed by atoms with van der Waals surface area (Å²) >= 11 is 5.75. The standard InChI is InChI=1S/C14H19ClN2O4/c1-4-21-14(2,3)8-16-13(20)17-11-6-5-9(15)7-10(11)12(18)19/h5-7H,4,8H2,1-3H3,(H,18,19)(H2,16,17,20). The van der Waals surface area contributed by atoms with Gasteiger partial charge in [0.15, 0.2) is 0 Å². The maximum absolute atomic E-state index is 11.8. The van der Waals surface area contributed by atoms with Crippen molar-refractivity contribution in [1.29, 1.82) is 0 Å². The molecule has 116 valence electrons. The zero-order valence-corrected chi connectivity index (χ0v) is 13.0. The summed E-state index contributed by atoms with van der Waals surface area (Å²) in [5.41, 5.74) is -0.387. The van der Waals surface area contributed by atoms with Crippen LogP contribution >= 0.6 is 11.6 Å². The lowest BCUT2D eigenvalue weighted by atomic mass is 10.1. The summed E-state index contributed by atoms with van der Waals surface area (Å²) in [5.74, 6) is -1.16. The molecule has 0 atom stereocenters. The Labute approximate surface area is 128 Å². The first-order chi connectivity index (χ1) is 9.75. The van der Waals surface area contributed by atoms with Crippen molar-refractivity contribution in [2.45, 2.75) is 26.4 Å². The van der Waals surface area contributed by atoms with Gasteiger partial charge in [0, 0.05) is 18.2 Å². The molecule has 0 aliphatic heterocycles. The molecule has 1 aromatic rings. The molecule has 2 amide bonds. The van der Waals surface area contributed by atoms with Gasteiger partial charge in [-0.2, -0.15) is 0 Å². The van der Waals surface area contributed by atoms with E-state index in [4.69, 9.17) is 21.4 Å². The number of hydrogen-bond donors (Lipinski definition) is 3. The Morgan fingerprint density at radius 3 is 2.62 bits per heavy atom. The highest BCUT2D eigenvalue weighted by atomic mass is 35.5. The smallest absolute Gasteiger partial charge is 0.337 e. The fourth-order valence-corrected chi connectivity index (χ4v) is 1.88. The zero-order chi connectivity index (χ0) is 16.0. The minimum absolute atomic E-state index is 0.0679. The van der Waals surface area contributed by atoms with E-state index in [1.54, 1.807) is 0 Å². The van der Waals surface area contributed by atoms with Gasteiger partial charge in [-0.25, -0.2) is 9.59 Å². The molecule has 0 fully saturated rings. The van der Waals surface area contributed by atoms with Crippen molar-refractivity contribution in [3.8, 4) is 0 Å². The highest BCUT2D eigenvalue weighted by molar-refractivity contribution is 6.31. The van der Waals surface area contributed by atoms with E-state index in [0.29, 0.717) is 13.2 Å². The fraction of sp³-hybridized carbons (Fsp3) is 0.429. The zero-order valence-electron chi connectivity index (χ0n) is 12.2. The van der Waals surface area contributed by atoms with Crippen molar-refractivity contribution in [3.05, 3.63) is 28.8 Å². The van der Waals surface area contributed by atoms with Gasteiger partial charge in [0.1, 0.15) is 0 Å². The normalized spacial score (nSPS) is 11.0. The van der Waals surface area contributed by atoms with Gasteiger partial charge in [0.2, 0.25) is 0 Å². The summed E-state index contributed by atoms with van der Waals surface area (Å²) in [6, 6.07) is 3.73. The third-order valence-electron chi connectivity index (χ3n) is 2.67. The first-order valence-electron chi connectivity index (χ1n) is 6.47. The van der Waals surface area contributed by atoms with Crippen LogP contribution in [0, 0.1) is 0 Å². The quantitative estimate of drug-likeness (QED) is 0.753. The van der Waals surface area contributed by atoms with Crippen LogP contribution < -0.4 is 10.6 Å². The number of carboxylic acid groups (broad SMARTS) is 1. The van der Waals surface area contributed by atoms with Crippen LogP contribution in [0.1, 0.15) is 31.1 Å². The topological polar surface area (TPSA) is 87.7 Å². The number of carboxylic acids is 1. The third kappa shape index (κ3) is 5.61. The van der Waals surface area contributed by atoms with E-state index in [-0.39, 0.29) is 16.3 Å². The summed E-state index contributed by atoms with van der Waals surface area (Å²) in [6.45, 7) is 6.40. The number of nitrogens with one attached hydrogen (secondary N) is 2. The van der Waals surface area contributed by atoms with Crippen LogP contribution in [0.5, 0.6) is 0 Å². The monoisotopic (exact) mass is 314 g/mol. The summed E-state index contributed by atoms with van der Waals surface area (Å²) in [5, 5.41) is 14.5. The molecule has 0 aromatic heterocycles. The van der Waals surface area contributed by atoms with Crippen LogP contribution in [0.4, 0.5) is 10.5 Å². The Hall–Kier alpha value is -1.79.